The lowest BCUT2D eigenvalue weighted by Gasteiger charge is -2.35. The van der Waals surface area contributed by atoms with Gasteiger partial charge < -0.3 is 4.90 Å². The van der Waals surface area contributed by atoms with Crippen LogP contribution in [0.3, 0.4) is 0 Å². The quantitative estimate of drug-likeness (QED) is 0.167. The third-order valence-electron chi connectivity index (χ3n) is 16.4. The summed E-state index contributed by atoms with van der Waals surface area (Å²) in [6, 6.07) is 73.6. The number of rotatable bonds is 5. The average molecular weight is 848 g/mol. The Morgan fingerprint density at radius 1 is 0.364 bits per heavy atom. The summed E-state index contributed by atoms with van der Waals surface area (Å²) in [6.45, 7) is 14.6. The highest BCUT2D eigenvalue weighted by Gasteiger charge is 2.49. The molecule has 9 aromatic carbocycles. The van der Waals surface area contributed by atoms with Gasteiger partial charge in [-0.05, 0) is 154 Å². The molecule has 0 saturated carbocycles. The maximum absolute atomic E-state index is 2.60. The molecule has 0 spiro atoms. The van der Waals surface area contributed by atoms with Crippen molar-refractivity contribution in [1.82, 2.24) is 0 Å². The zero-order valence-electron chi connectivity index (χ0n) is 38.7. The molecule has 4 aliphatic carbocycles. The molecular formula is C65H53N. The Morgan fingerprint density at radius 3 is 1.62 bits per heavy atom. The van der Waals surface area contributed by atoms with E-state index in [1.54, 1.807) is 0 Å². The summed E-state index contributed by atoms with van der Waals surface area (Å²) in [5, 5.41) is 2.62. The average Bonchev–Trinajstić information content (AvgIpc) is 3.83. The molecule has 0 N–H and O–H groups in total. The summed E-state index contributed by atoms with van der Waals surface area (Å²) in [6.07, 6.45) is 2.60. The first-order chi connectivity index (χ1) is 32.0. The van der Waals surface area contributed by atoms with E-state index >= 15 is 0 Å². The number of anilines is 3. The number of benzene rings is 9. The fourth-order valence-corrected chi connectivity index (χ4v) is 13.0. The molecule has 1 heteroatoms. The summed E-state index contributed by atoms with van der Waals surface area (Å²) in [7, 11) is 0. The molecule has 0 amide bonds. The molecular weight excluding hydrogens is 795 g/mol. The van der Waals surface area contributed by atoms with Crippen LogP contribution < -0.4 is 4.90 Å². The Bertz CT molecular complexity index is 3510. The van der Waals surface area contributed by atoms with E-state index in [1.807, 2.05) is 0 Å². The Kier molecular flexibility index (Phi) is 8.25. The minimum atomic E-state index is -0.229. The number of hydrogen-bond acceptors (Lipinski definition) is 1. The third-order valence-corrected chi connectivity index (χ3v) is 16.4. The van der Waals surface area contributed by atoms with Crippen molar-refractivity contribution < 1.29 is 0 Å². The van der Waals surface area contributed by atoms with Gasteiger partial charge in [-0.3, -0.25) is 0 Å². The van der Waals surface area contributed by atoms with Crippen molar-refractivity contribution >= 4 is 33.4 Å². The normalized spacial score (nSPS) is 18.3. The van der Waals surface area contributed by atoms with Crippen LogP contribution in [-0.2, 0) is 16.2 Å². The largest absolute Gasteiger partial charge is 0.310 e. The second-order valence-electron chi connectivity index (χ2n) is 20.9. The van der Waals surface area contributed by atoms with E-state index in [4.69, 9.17) is 0 Å². The number of fused-ring (bicyclic) bond motifs is 13. The van der Waals surface area contributed by atoms with Gasteiger partial charge in [0, 0.05) is 33.8 Å². The molecule has 0 radical (unpaired) electrons. The molecule has 0 heterocycles. The topological polar surface area (TPSA) is 3.24 Å². The summed E-state index contributed by atoms with van der Waals surface area (Å²) >= 11 is 0. The van der Waals surface area contributed by atoms with Gasteiger partial charge in [0.15, 0.2) is 0 Å². The van der Waals surface area contributed by atoms with Crippen molar-refractivity contribution in [3.8, 4) is 33.4 Å². The van der Waals surface area contributed by atoms with Crippen molar-refractivity contribution in [2.45, 2.75) is 63.7 Å². The van der Waals surface area contributed by atoms with E-state index in [1.165, 1.54) is 117 Å². The van der Waals surface area contributed by atoms with Crippen molar-refractivity contribution in [2.75, 3.05) is 4.90 Å². The lowest BCUT2D eigenvalue weighted by atomic mass is 9.68. The first kappa shape index (κ1) is 39.2. The van der Waals surface area contributed by atoms with Crippen molar-refractivity contribution in [2.24, 2.45) is 5.92 Å². The van der Waals surface area contributed by atoms with E-state index in [-0.39, 0.29) is 22.2 Å². The Hall–Kier alpha value is -7.22. The van der Waals surface area contributed by atoms with E-state index in [0.29, 0.717) is 5.92 Å². The number of allylic oxidation sites excluding steroid dienone is 1. The van der Waals surface area contributed by atoms with E-state index in [0.717, 1.165) is 0 Å². The lowest BCUT2D eigenvalue weighted by molar-refractivity contribution is 0.390. The molecule has 0 aliphatic heterocycles. The first-order valence-corrected chi connectivity index (χ1v) is 23.8. The van der Waals surface area contributed by atoms with Gasteiger partial charge in [0.2, 0.25) is 0 Å². The van der Waals surface area contributed by atoms with Crippen LogP contribution >= 0.6 is 0 Å². The van der Waals surface area contributed by atoms with Crippen LogP contribution in [0.15, 0.2) is 200 Å². The molecule has 9 aromatic rings. The van der Waals surface area contributed by atoms with Gasteiger partial charge in [-0.15, -0.1) is 0 Å². The standard InChI is InChI=1S/C65H53N/c1-63(2)55-28-18-17-25-47(55)48-32-29-42(35-56(48)63)66(43-30-33-51-57(36-43)64(3,4)59-38-53(40-19-9-7-10-20-40)45-23-13-15-26-49(45)61(51)59)44-31-34-52-58(37-44)65(5,6)60-39-54(41-21-11-8-12-22-41)46-24-14-16-27-50(46)62(52)60/h7-39,59,61H,1-6H3. The van der Waals surface area contributed by atoms with Crippen LogP contribution in [0, 0.1) is 5.92 Å². The predicted molar refractivity (Wildman–Crippen MR) is 278 cm³/mol. The Morgan fingerprint density at radius 2 is 0.894 bits per heavy atom. The maximum Gasteiger partial charge on any atom is 0.0465 e. The Labute approximate surface area is 389 Å². The van der Waals surface area contributed by atoms with Crippen LogP contribution in [0.4, 0.5) is 17.1 Å². The third kappa shape index (κ3) is 5.41. The van der Waals surface area contributed by atoms with Crippen molar-refractivity contribution in [1.29, 1.82) is 0 Å². The van der Waals surface area contributed by atoms with Gasteiger partial charge in [-0.25, -0.2) is 0 Å². The molecule has 2 unspecified atom stereocenters. The second-order valence-corrected chi connectivity index (χ2v) is 20.9. The molecule has 0 bridgehead atoms. The summed E-state index contributed by atoms with van der Waals surface area (Å²) in [5.74, 6) is 0.603. The molecule has 0 fully saturated rings. The van der Waals surface area contributed by atoms with E-state index < -0.39 is 0 Å². The van der Waals surface area contributed by atoms with Crippen molar-refractivity contribution in [3.05, 3.63) is 250 Å². The van der Waals surface area contributed by atoms with Crippen LogP contribution in [0.2, 0.25) is 0 Å². The van der Waals surface area contributed by atoms with Crippen LogP contribution in [0.1, 0.15) is 97.5 Å². The Balaban J connectivity index is 1.00. The molecule has 0 aromatic heterocycles. The maximum atomic E-state index is 2.60. The minimum Gasteiger partial charge on any atom is -0.310 e. The van der Waals surface area contributed by atoms with Crippen LogP contribution in [0.5, 0.6) is 0 Å². The smallest absolute Gasteiger partial charge is 0.0465 e. The highest BCUT2D eigenvalue weighted by atomic mass is 15.1. The summed E-state index contributed by atoms with van der Waals surface area (Å²) in [4.78, 5) is 2.56. The number of nitrogens with zero attached hydrogens (tertiary/aromatic N) is 1. The highest BCUT2D eigenvalue weighted by molar-refractivity contribution is 6.09. The van der Waals surface area contributed by atoms with Gasteiger partial charge >= 0.3 is 0 Å². The zero-order chi connectivity index (χ0) is 44.7. The fraction of sp³-hybridized carbons (Fsp3) is 0.169. The molecule has 0 saturated heterocycles. The molecule has 1 nitrogen and oxygen atoms in total. The van der Waals surface area contributed by atoms with Gasteiger partial charge in [-0.1, -0.05) is 199 Å². The van der Waals surface area contributed by atoms with Crippen LogP contribution in [-0.4, -0.2) is 0 Å². The second kappa shape index (κ2) is 13.9. The highest BCUT2D eigenvalue weighted by Crippen LogP contribution is 2.60. The SMILES string of the molecule is CC1(C)c2ccccc2-c2ccc(N(c3ccc4c(c3)C(C)(C)c3cc(-c5ccccc5)c5ccccc5c3-4)c3ccc4c(c3)C(C)(C)C3C=C(c5ccccc5)c5ccccc5C43)cc21. The monoisotopic (exact) mass is 847 g/mol. The first-order valence-electron chi connectivity index (χ1n) is 23.8. The molecule has 2 atom stereocenters. The van der Waals surface area contributed by atoms with Gasteiger partial charge in [0.1, 0.15) is 0 Å². The fourth-order valence-electron chi connectivity index (χ4n) is 13.0. The predicted octanol–water partition coefficient (Wildman–Crippen LogP) is 17.1. The van der Waals surface area contributed by atoms with E-state index in [9.17, 15) is 0 Å². The molecule has 318 valence electrons. The molecule has 4 aliphatic rings. The van der Waals surface area contributed by atoms with Gasteiger partial charge in [0.05, 0.1) is 0 Å². The molecule has 13 rings (SSSR count). The van der Waals surface area contributed by atoms with Gasteiger partial charge in [-0.2, -0.15) is 0 Å². The van der Waals surface area contributed by atoms with Crippen molar-refractivity contribution in [3.63, 3.8) is 0 Å². The summed E-state index contributed by atoms with van der Waals surface area (Å²) < 4.78 is 0. The minimum absolute atomic E-state index is 0.115. The zero-order valence-corrected chi connectivity index (χ0v) is 38.7. The summed E-state index contributed by atoms with van der Waals surface area (Å²) in [5.41, 5.74) is 24.9. The number of hydrogen-bond donors (Lipinski definition) is 0. The molecule has 66 heavy (non-hydrogen) atoms. The van der Waals surface area contributed by atoms with Crippen LogP contribution in [0.25, 0.3) is 49.7 Å². The van der Waals surface area contributed by atoms with E-state index in [2.05, 4.69) is 247 Å². The lowest BCUT2D eigenvalue weighted by Crippen LogP contribution is -2.27. The van der Waals surface area contributed by atoms with Gasteiger partial charge in [0.25, 0.3) is 0 Å².